The minimum absolute atomic E-state index is 0.104. The van der Waals surface area contributed by atoms with Crippen molar-refractivity contribution in [1.82, 2.24) is 9.88 Å². The molecule has 0 aliphatic rings. The number of pyridine rings is 1. The average Bonchev–Trinajstić information content (AvgIpc) is 2.53. The van der Waals surface area contributed by atoms with Crippen LogP contribution in [0.2, 0.25) is 5.02 Å². The Kier molecular flexibility index (Phi) is 5.93. The van der Waals surface area contributed by atoms with Crippen molar-refractivity contribution in [2.75, 3.05) is 5.32 Å². The van der Waals surface area contributed by atoms with Crippen molar-refractivity contribution < 1.29 is 14.0 Å². The van der Waals surface area contributed by atoms with E-state index in [4.69, 9.17) is 11.6 Å². The first-order valence-electron chi connectivity index (χ1n) is 7.46. The molecule has 8 heteroatoms. The lowest BCUT2D eigenvalue weighted by Gasteiger charge is -2.13. The summed E-state index contributed by atoms with van der Waals surface area (Å²) in [5.74, 6) is -1.24. The third-order valence-electron chi connectivity index (χ3n) is 3.50. The Hall–Kier alpha value is -2.67. The van der Waals surface area contributed by atoms with Gasteiger partial charge in [0.25, 0.3) is 5.56 Å². The zero-order chi connectivity index (χ0) is 18.6. The molecule has 0 aliphatic heterocycles. The largest absolute Gasteiger partial charge is 0.350 e. The molecule has 6 nitrogen and oxygen atoms in total. The zero-order valence-corrected chi connectivity index (χ0v) is 14.5. The zero-order valence-electron chi connectivity index (χ0n) is 13.7. The quantitative estimate of drug-likeness (QED) is 0.852. The van der Waals surface area contributed by atoms with Crippen LogP contribution in [0.4, 0.5) is 10.1 Å². The summed E-state index contributed by atoms with van der Waals surface area (Å²) in [4.78, 5) is 35.6. The van der Waals surface area contributed by atoms with Crippen LogP contribution in [0.3, 0.4) is 0 Å². The third-order valence-corrected chi connectivity index (χ3v) is 3.85. The average molecular weight is 366 g/mol. The SMILES string of the molecule is CC(=O)Nc1ccc(C)n(CC(=O)NCc2ccc(F)cc2Cl)c1=O. The van der Waals surface area contributed by atoms with Crippen LogP contribution in [0.1, 0.15) is 18.2 Å². The molecule has 0 spiro atoms. The van der Waals surface area contributed by atoms with E-state index in [1.165, 1.54) is 29.7 Å². The Morgan fingerprint density at radius 2 is 1.96 bits per heavy atom. The van der Waals surface area contributed by atoms with Gasteiger partial charge in [-0.2, -0.15) is 0 Å². The monoisotopic (exact) mass is 365 g/mol. The summed E-state index contributed by atoms with van der Waals surface area (Å²) in [6.07, 6.45) is 0. The summed E-state index contributed by atoms with van der Waals surface area (Å²) < 4.78 is 14.3. The number of carbonyl (C=O) groups excluding carboxylic acids is 2. The van der Waals surface area contributed by atoms with Crippen LogP contribution in [-0.2, 0) is 22.7 Å². The summed E-state index contributed by atoms with van der Waals surface area (Å²) in [6, 6.07) is 7.02. The third kappa shape index (κ3) is 4.90. The van der Waals surface area contributed by atoms with Crippen LogP contribution in [0.25, 0.3) is 0 Å². The highest BCUT2D eigenvalue weighted by Crippen LogP contribution is 2.16. The van der Waals surface area contributed by atoms with Crippen molar-refractivity contribution in [1.29, 1.82) is 0 Å². The lowest BCUT2D eigenvalue weighted by Crippen LogP contribution is -2.34. The Morgan fingerprint density at radius 3 is 2.60 bits per heavy atom. The molecule has 1 aromatic heterocycles. The molecule has 0 saturated carbocycles. The van der Waals surface area contributed by atoms with E-state index < -0.39 is 17.3 Å². The molecule has 0 bridgehead atoms. The van der Waals surface area contributed by atoms with E-state index in [2.05, 4.69) is 10.6 Å². The van der Waals surface area contributed by atoms with Gasteiger partial charge in [-0.1, -0.05) is 17.7 Å². The van der Waals surface area contributed by atoms with E-state index in [1.54, 1.807) is 13.0 Å². The summed E-state index contributed by atoms with van der Waals surface area (Å²) in [7, 11) is 0. The topological polar surface area (TPSA) is 80.2 Å². The Bertz CT molecular complexity index is 880. The van der Waals surface area contributed by atoms with Crippen LogP contribution in [0.15, 0.2) is 35.1 Å². The molecule has 2 N–H and O–H groups in total. The van der Waals surface area contributed by atoms with Crippen LogP contribution in [0, 0.1) is 12.7 Å². The number of amides is 2. The maximum Gasteiger partial charge on any atom is 0.274 e. The first kappa shape index (κ1) is 18.7. The summed E-state index contributed by atoms with van der Waals surface area (Å²) in [5, 5.41) is 5.27. The Labute approximate surface area is 148 Å². The number of rotatable bonds is 5. The van der Waals surface area contributed by atoms with Crippen molar-refractivity contribution in [3.63, 3.8) is 0 Å². The highest BCUT2D eigenvalue weighted by atomic mass is 35.5. The number of halogens is 2. The first-order valence-corrected chi connectivity index (χ1v) is 7.84. The summed E-state index contributed by atoms with van der Waals surface area (Å²) in [5.41, 5.74) is 0.777. The van der Waals surface area contributed by atoms with Gasteiger partial charge in [0.05, 0.1) is 0 Å². The molecule has 0 atom stereocenters. The molecule has 2 aromatic rings. The van der Waals surface area contributed by atoms with Crippen LogP contribution >= 0.6 is 11.6 Å². The number of aryl methyl sites for hydroxylation is 1. The van der Waals surface area contributed by atoms with Gasteiger partial charge in [0.2, 0.25) is 11.8 Å². The predicted octanol–water partition coefficient (Wildman–Crippen LogP) is 2.22. The number of aromatic nitrogens is 1. The number of nitrogens with zero attached hydrogens (tertiary/aromatic N) is 1. The van der Waals surface area contributed by atoms with Gasteiger partial charge in [-0.3, -0.25) is 14.4 Å². The minimum Gasteiger partial charge on any atom is -0.350 e. The van der Waals surface area contributed by atoms with Gasteiger partial charge in [-0.05, 0) is 36.8 Å². The molecule has 25 heavy (non-hydrogen) atoms. The molecule has 2 rings (SSSR count). The molecule has 0 unspecified atom stereocenters. The molecule has 1 heterocycles. The maximum atomic E-state index is 13.0. The normalized spacial score (nSPS) is 10.4. The molecule has 2 amide bonds. The van der Waals surface area contributed by atoms with Gasteiger partial charge < -0.3 is 15.2 Å². The molecule has 132 valence electrons. The minimum atomic E-state index is -0.467. The van der Waals surface area contributed by atoms with E-state index in [0.717, 1.165) is 6.07 Å². The lowest BCUT2D eigenvalue weighted by molar-refractivity contribution is -0.121. The van der Waals surface area contributed by atoms with Crippen LogP contribution in [0.5, 0.6) is 0 Å². The van der Waals surface area contributed by atoms with Crippen molar-refractivity contribution in [2.45, 2.75) is 26.9 Å². The number of hydrogen-bond donors (Lipinski definition) is 2. The number of carbonyl (C=O) groups is 2. The van der Waals surface area contributed by atoms with Crippen molar-refractivity contribution in [3.05, 3.63) is 62.8 Å². The Balaban J connectivity index is 2.10. The van der Waals surface area contributed by atoms with E-state index in [-0.39, 0.29) is 29.7 Å². The van der Waals surface area contributed by atoms with Gasteiger partial charge >= 0.3 is 0 Å². The van der Waals surface area contributed by atoms with Crippen LogP contribution in [-0.4, -0.2) is 16.4 Å². The van der Waals surface area contributed by atoms with E-state index >= 15 is 0 Å². The number of nitrogens with one attached hydrogen (secondary N) is 2. The molecule has 0 aliphatic carbocycles. The van der Waals surface area contributed by atoms with Crippen LogP contribution < -0.4 is 16.2 Å². The fraction of sp³-hybridized carbons (Fsp3) is 0.235. The lowest BCUT2D eigenvalue weighted by atomic mass is 10.2. The van der Waals surface area contributed by atoms with Gasteiger partial charge in [0, 0.05) is 24.2 Å². The van der Waals surface area contributed by atoms with E-state index in [1.807, 2.05) is 0 Å². The second-order valence-electron chi connectivity index (χ2n) is 5.47. The predicted molar refractivity (Wildman–Crippen MR) is 93.0 cm³/mol. The van der Waals surface area contributed by atoms with Crippen molar-refractivity contribution >= 4 is 29.1 Å². The van der Waals surface area contributed by atoms with Crippen molar-refractivity contribution in [3.8, 4) is 0 Å². The standard InChI is InChI=1S/C17H17ClFN3O3/c1-10-3-6-15(21-11(2)23)17(25)22(10)9-16(24)20-8-12-4-5-13(19)7-14(12)18/h3-7H,8-9H2,1-2H3,(H,20,24)(H,21,23). The highest BCUT2D eigenvalue weighted by molar-refractivity contribution is 6.31. The maximum absolute atomic E-state index is 13.0. The number of anilines is 1. The van der Waals surface area contributed by atoms with Crippen molar-refractivity contribution in [2.24, 2.45) is 0 Å². The second-order valence-corrected chi connectivity index (χ2v) is 5.88. The second kappa shape index (κ2) is 7.94. The Morgan fingerprint density at radius 1 is 1.24 bits per heavy atom. The molecule has 0 fully saturated rings. The summed E-state index contributed by atoms with van der Waals surface area (Å²) in [6.45, 7) is 2.87. The van der Waals surface area contributed by atoms with Gasteiger partial charge in [0.1, 0.15) is 18.0 Å². The summed E-state index contributed by atoms with van der Waals surface area (Å²) >= 11 is 5.91. The molecule has 0 saturated heterocycles. The number of benzene rings is 1. The number of hydrogen-bond acceptors (Lipinski definition) is 3. The van der Waals surface area contributed by atoms with E-state index in [9.17, 15) is 18.8 Å². The van der Waals surface area contributed by atoms with E-state index in [0.29, 0.717) is 11.3 Å². The highest BCUT2D eigenvalue weighted by Gasteiger charge is 2.11. The van der Waals surface area contributed by atoms with Gasteiger partial charge in [-0.25, -0.2) is 4.39 Å². The molecular formula is C17H17ClFN3O3. The smallest absolute Gasteiger partial charge is 0.274 e. The first-order chi connectivity index (χ1) is 11.8. The molecular weight excluding hydrogens is 349 g/mol. The molecule has 0 radical (unpaired) electrons. The van der Waals surface area contributed by atoms with Gasteiger partial charge in [0.15, 0.2) is 0 Å². The molecule has 1 aromatic carbocycles. The fourth-order valence-corrected chi connectivity index (χ4v) is 2.44. The fourth-order valence-electron chi connectivity index (χ4n) is 2.21. The van der Waals surface area contributed by atoms with Gasteiger partial charge in [-0.15, -0.1) is 0 Å².